The van der Waals surface area contributed by atoms with Crippen molar-refractivity contribution >= 4 is 29.1 Å². The number of ether oxygens (including phenoxy) is 2. The number of rotatable bonds is 9. The second-order valence-electron chi connectivity index (χ2n) is 8.55. The van der Waals surface area contributed by atoms with Crippen LogP contribution in [0.3, 0.4) is 0 Å². The normalized spacial score (nSPS) is 13.7. The van der Waals surface area contributed by atoms with Crippen LogP contribution in [-0.4, -0.2) is 87.6 Å². The Morgan fingerprint density at radius 1 is 0.944 bits per heavy atom. The van der Waals surface area contributed by atoms with Gasteiger partial charge in [0.15, 0.2) is 0 Å². The van der Waals surface area contributed by atoms with E-state index in [4.69, 9.17) is 9.47 Å². The average Bonchev–Trinajstić information content (AvgIpc) is 3.15. The van der Waals surface area contributed by atoms with Crippen molar-refractivity contribution in [2.45, 2.75) is 20.3 Å². The average molecular weight is 497 g/mol. The number of carbonyl (C=O) groups is 3. The number of anilines is 2. The van der Waals surface area contributed by atoms with Crippen molar-refractivity contribution in [1.82, 2.24) is 9.80 Å². The lowest BCUT2D eigenvalue weighted by molar-refractivity contribution is -0.119. The molecule has 1 heterocycles. The predicted molar refractivity (Wildman–Crippen MR) is 140 cm³/mol. The van der Waals surface area contributed by atoms with Crippen LogP contribution in [0, 0.1) is 0 Å². The molecule has 0 atom stereocenters. The van der Waals surface area contributed by atoms with E-state index in [1.54, 1.807) is 48.4 Å². The molecule has 1 aliphatic rings. The van der Waals surface area contributed by atoms with E-state index in [1.807, 2.05) is 24.8 Å². The van der Waals surface area contributed by atoms with Gasteiger partial charge in [-0.3, -0.25) is 14.4 Å². The van der Waals surface area contributed by atoms with Crippen molar-refractivity contribution in [2.24, 2.45) is 0 Å². The standard InChI is InChI=1S/C27H36N4O5/c1-5-29(6-2)27(34)23-18-21(28-25(32)19-35-3)10-13-24(23)30-14-7-15-31(17-16-30)26(33)20-8-11-22(36-4)12-9-20/h8-13,18H,5-7,14-17,19H2,1-4H3,(H,28,32). The van der Waals surface area contributed by atoms with E-state index in [0.29, 0.717) is 61.8 Å². The Balaban J connectivity index is 1.82. The smallest absolute Gasteiger partial charge is 0.256 e. The van der Waals surface area contributed by atoms with Crippen molar-refractivity contribution in [3.63, 3.8) is 0 Å². The zero-order valence-electron chi connectivity index (χ0n) is 21.6. The lowest BCUT2D eigenvalue weighted by Crippen LogP contribution is -2.36. The second-order valence-corrected chi connectivity index (χ2v) is 8.55. The molecule has 0 unspecified atom stereocenters. The first-order valence-electron chi connectivity index (χ1n) is 12.3. The van der Waals surface area contributed by atoms with E-state index in [-0.39, 0.29) is 24.3 Å². The van der Waals surface area contributed by atoms with Crippen LogP contribution >= 0.6 is 0 Å². The summed E-state index contributed by atoms with van der Waals surface area (Å²) in [4.78, 5) is 44.3. The molecule has 1 saturated heterocycles. The molecule has 9 nitrogen and oxygen atoms in total. The van der Waals surface area contributed by atoms with E-state index >= 15 is 0 Å². The number of hydrogen-bond acceptors (Lipinski definition) is 6. The number of hydrogen-bond donors (Lipinski definition) is 1. The fourth-order valence-electron chi connectivity index (χ4n) is 4.35. The third-order valence-electron chi connectivity index (χ3n) is 6.30. The third-order valence-corrected chi connectivity index (χ3v) is 6.30. The molecule has 0 aliphatic carbocycles. The van der Waals surface area contributed by atoms with E-state index in [2.05, 4.69) is 10.2 Å². The van der Waals surface area contributed by atoms with Crippen molar-refractivity contribution in [3.05, 3.63) is 53.6 Å². The quantitative estimate of drug-likeness (QED) is 0.574. The molecule has 3 amide bonds. The number of carbonyl (C=O) groups excluding carboxylic acids is 3. The minimum absolute atomic E-state index is 0.0184. The maximum absolute atomic E-state index is 13.4. The monoisotopic (exact) mass is 496 g/mol. The van der Waals surface area contributed by atoms with Gasteiger partial charge in [0.05, 0.1) is 12.7 Å². The summed E-state index contributed by atoms with van der Waals surface area (Å²) in [6, 6.07) is 12.5. The molecule has 1 N–H and O–H groups in total. The van der Waals surface area contributed by atoms with Crippen LogP contribution < -0.4 is 15.0 Å². The molecule has 36 heavy (non-hydrogen) atoms. The fraction of sp³-hybridized carbons (Fsp3) is 0.444. The summed E-state index contributed by atoms with van der Waals surface area (Å²) in [6.45, 7) is 7.46. The molecular formula is C27H36N4O5. The maximum atomic E-state index is 13.4. The zero-order valence-corrected chi connectivity index (χ0v) is 21.6. The van der Waals surface area contributed by atoms with Crippen LogP contribution in [0.1, 0.15) is 41.0 Å². The number of methoxy groups -OCH3 is 2. The Kier molecular flexibility index (Phi) is 9.69. The molecule has 1 aliphatic heterocycles. The molecule has 2 aromatic rings. The largest absolute Gasteiger partial charge is 0.497 e. The van der Waals surface area contributed by atoms with Gasteiger partial charge in [-0.05, 0) is 62.7 Å². The summed E-state index contributed by atoms with van der Waals surface area (Å²) in [5.74, 6) is 0.318. The van der Waals surface area contributed by atoms with Gasteiger partial charge < -0.3 is 29.5 Å². The highest BCUT2D eigenvalue weighted by Crippen LogP contribution is 2.27. The van der Waals surface area contributed by atoms with Crippen LogP contribution in [0.5, 0.6) is 5.75 Å². The van der Waals surface area contributed by atoms with Crippen LogP contribution in [0.2, 0.25) is 0 Å². The summed E-state index contributed by atoms with van der Waals surface area (Å²) in [6.07, 6.45) is 0.771. The first kappa shape index (κ1) is 27.0. The van der Waals surface area contributed by atoms with Crippen molar-refractivity contribution in [1.29, 1.82) is 0 Å². The van der Waals surface area contributed by atoms with Gasteiger partial charge in [-0.25, -0.2) is 0 Å². The summed E-state index contributed by atoms with van der Waals surface area (Å²) >= 11 is 0. The van der Waals surface area contributed by atoms with Gasteiger partial charge in [-0.15, -0.1) is 0 Å². The number of benzene rings is 2. The SMILES string of the molecule is CCN(CC)C(=O)c1cc(NC(=O)COC)ccc1N1CCCN(C(=O)c2ccc(OC)cc2)CC1. The number of amides is 3. The van der Waals surface area contributed by atoms with Gasteiger partial charge in [0.25, 0.3) is 11.8 Å². The van der Waals surface area contributed by atoms with Gasteiger partial charge in [-0.1, -0.05) is 0 Å². The molecule has 1 fully saturated rings. The van der Waals surface area contributed by atoms with Crippen LogP contribution in [-0.2, 0) is 9.53 Å². The van der Waals surface area contributed by atoms with E-state index in [1.165, 1.54) is 7.11 Å². The van der Waals surface area contributed by atoms with E-state index in [0.717, 1.165) is 12.1 Å². The molecule has 0 bridgehead atoms. The van der Waals surface area contributed by atoms with Gasteiger partial charge in [-0.2, -0.15) is 0 Å². The molecule has 0 radical (unpaired) electrons. The van der Waals surface area contributed by atoms with Crippen molar-refractivity contribution < 1.29 is 23.9 Å². The highest BCUT2D eigenvalue weighted by molar-refractivity contribution is 6.02. The fourth-order valence-corrected chi connectivity index (χ4v) is 4.35. The van der Waals surface area contributed by atoms with Crippen molar-refractivity contribution in [2.75, 3.05) is 70.3 Å². The minimum atomic E-state index is -0.283. The van der Waals surface area contributed by atoms with E-state index in [9.17, 15) is 14.4 Å². The lowest BCUT2D eigenvalue weighted by Gasteiger charge is -2.28. The highest BCUT2D eigenvalue weighted by atomic mass is 16.5. The molecular weight excluding hydrogens is 460 g/mol. The first-order valence-corrected chi connectivity index (χ1v) is 12.3. The Morgan fingerprint density at radius 2 is 1.67 bits per heavy atom. The van der Waals surface area contributed by atoms with Gasteiger partial charge in [0, 0.05) is 63.3 Å². The van der Waals surface area contributed by atoms with Crippen LogP contribution in [0.4, 0.5) is 11.4 Å². The van der Waals surface area contributed by atoms with Gasteiger partial charge in [0.1, 0.15) is 12.4 Å². The summed E-state index contributed by atoms with van der Waals surface area (Å²) in [5.41, 5.74) is 2.50. The minimum Gasteiger partial charge on any atom is -0.497 e. The Morgan fingerprint density at radius 3 is 2.31 bits per heavy atom. The molecule has 0 aromatic heterocycles. The Bertz CT molecular complexity index is 1050. The first-order chi connectivity index (χ1) is 17.4. The zero-order chi connectivity index (χ0) is 26.1. The highest BCUT2D eigenvalue weighted by Gasteiger charge is 2.25. The summed E-state index contributed by atoms with van der Waals surface area (Å²) in [7, 11) is 3.06. The van der Waals surface area contributed by atoms with Crippen LogP contribution in [0.25, 0.3) is 0 Å². The van der Waals surface area contributed by atoms with Crippen LogP contribution in [0.15, 0.2) is 42.5 Å². The molecule has 0 saturated carbocycles. The molecule has 9 heteroatoms. The molecule has 0 spiro atoms. The summed E-state index contributed by atoms with van der Waals surface area (Å²) in [5, 5.41) is 2.79. The lowest BCUT2D eigenvalue weighted by atomic mass is 10.1. The maximum Gasteiger partial charge on any atom is 0.256 e. The third kappa shape index (κ3) is 6.54. The van der Waals surface area contributed by atoms with Gasteiger partial charge >= 0.3 is 0 Å². The molecule has 3 rings (SSSR count). The predicted octanol–water partition coefficient (Wildman–Crippen LogP) is 3.11. The van der Waals surface area contributed by atoms with E-state index < -0.39 is 0 Å². The number of nitrogens with zero attached hydrogens (tertiary/aromatic N) is 3. The molecule has 194 valence electrons. The molecule has 2 aromatic carbocycles. The van der Waals surface area contributed by atoms with Crippen molar-refractivity contribution in [3.8, 4) is 5.75 Å². The Labute approximate surface area is 212 Å². The topological polar surface area (TPSA) is 91.4 Å². The second kappa shape index (κ2) is 12.9. The Hall–Kier alpha value is -3.59. The number of nitrogens with one attached hydrogen (secondary N) is 1. The van der Waals surface area contributed by atoms with Gasteiger partial charge in [0.2, 0.25) is 5.91 Å². The summed E-state index contributed by atoms with van der Waals surface area (Å²) < 4.78 is 10.1.